The summed E-state index contributed by atoms with van der Waals surface area (Å²) in [5, 5.41) is 8.18. The van der Waals surface area contributed by atoms with Crippen molar-refractivity contribution in [3.8, 4) is 0 Å². The fourth-order valence-corrected chi connectivity index (χ4v) is 2.98. The molecule has 0 spiro atoms. The first-order chi connectivity index (χ1) is 8.99. The molecule has 3 heteroatoms. The molecule has 0 saturated heterocycles. The maximum Gasteiger partial charge on any atom is 0.0628 e. The number of nitrogens with one attached hydrogen (secondary N) is 1. The Kier molecular flexibility index (Phi) is 6.56. The highest BCUT2D eigenvalue weighted by Crippen LogP contribution is 2.19. The zero-order valence-corrected chi connectivity index (χ0v) is 13.6. The van der Waals surface area contributed by atoms with Crippen LogP contribution in [0.1, 0.15) is 57.0 Å². The average Bonchev–Trinajstić information content (AvgIpc) is 2.56. The van der Waals surface area contributed by atoms with E-state index in [4.69, 9.17) is 0 Å². The summed E-state index contributed by atoms with van der Waals surface area (Å²) in [4.78, 5) is 0. The third kappa shape index (κ3) is 4.64. The molecule has 0 aromatic carbocycles. The van der Waals surface area contributed by atoms with Crippen LogP contribution in [-0.2, 0) is 13.5 Å². The number of hydrogen-bond donors (Lipinski definition) is 1. The van der Waals surface area contributed by atoms with Crippen LogP contribution >= 0.6 is 0 Å². The van der Waals surface area contributed by atoms with Gasteiger partial charge in [0.25, 0.3) is 0 Å². The quantitative estimate of drug-likeness (QED) is 0.781. The van der Waals surface area contributed by atoms with Crippen LogP contribution in [0.3, 0.4) is 0 Å². The van der Waals surface area contributed by atoms with Gasteiger partial charge in [-0.05, 0) is 44.7 Å². The van der Waals surface area contributed by atoms with Gasteiger partial charge in [0.2, 0.25) is 0 Å². The number of rotatable bonds is 8. The lowest BCUT2D eigenvalue weighted by molar-refractivity contribution is 0.385. The van der Waals surface area contributed by atoms with Crippen LogP contribution in [0.25, 0.3) is 0 Å². The molecular weight excluding hydrogens is 234 g/mol. The van der Waals surface area contributed by atoms with Gasteiger partial charge in [-0.1, -0.05) is 33.6 Å². The Labute approximate surface area is 118 Å². The molecule has 0 aliphatic heterocycles. The maximum atomic E-state index is 4.53. The number of aromatic nitrogens is 2. The van der Waals surface area contributed by atoms with Gasteiger partial charge in [0.15, 0.2) is 0 Å². The van der Waals surface area contributed by atoms with E-state index in [1.165, 1.54) is 36.2 Å². The second kappa shape index (κ2) is 7.68. The van der Waals surface area contributed by atoms with Crippen molar-refractivity contribution < 1.29 is 0 Å². The Bertz CT molecular complexity index is 382. The summed E-state index contributed by atoms with van der Waals surface area (Å²) in [6, 6.07) is 0.577. The highest BCUT2D eigenvalue weighted by Gasteiger charge is 2.17. The van der Waals surface area contributed by atoms with E-state index in [-0.39, 0.29) is 0 Å². The van der Waals surface area contributed by atoms with Crippen molar-refractivity contribution in [3.05, 3.63) is 17.0 Å². The molecule has 0 aliphatic rings. The molecule has 2 unspecified atom stereocenters. The Morgan fingerprint density at radius 1 is 1.26 bits per heavy atom. The van der Waals surface area contributed by atoms with Crippen molar-refractivity contribution in [1.29, 1.82) is 0 Å². The van der Waals surface area contributed by atoms with Crippen molar-refractivity contribution in [1.82, 2.24) is 15.1 Å². The third-order valence-electron chi connectivity index (χ3n) is 4.07. The fraction of sp³-hybridized carbons (Fsp3) is 0.812. The van der Waals surface area contributed by atoms with Gasteiger partial charge < -0.3 is 5.32 Å². The standard InChI is InChI=1S/C16H31N3/c1-7-9-12(3)10-15(17-8-2)11-16-13(4)18-19(6)14(16)5/h12,15,17H,7-11H2,1-6H3. The van der Waals surface area contributed by atoms with Crippen LogP contribution in [-0.4, -0.2) is 22.4 Å². The van der Waals surface area contributed by atoms with E-state index in [1.54, 1.807) is 0 Å². The van der Waals surface area contributed by atoms with Gasteiger partial charge in [0.05, 0.1) is 5.69 Å². The van der Waals surface area contributed by atoms with Gasteiger partial charge in [-0.15, -0.1) is 0 Å². The summed E-state index contributed by atoms with van der Waals surface area (Å²) in [5.41, 5.74) is 3.92. The number of aryl methyl sites for hydroxylation is 2. The molecule has 1 rings (SSSR count). The molecule has 1 aromatic rings. The lowest BCUT2D eigenvalue weighted by atomic mass is 9.92. The molecule has 0 bridgehead atoms. The van der Waals surface area contributed by atoms with Gasteiger partial charge >= 0.3 is 0 Å². The molecule has 19 heavy (non-hydrogen) atoms. The van der Waals surface area contributed by atoms with Crippen LogP contribution in [0.4, 0.5) is 0 Å². The van der Waals surface area contributed by atoms with E-state index in [1.807, 2.05) is 11.7 Å². The predicted octanol–water partition coefficient (Wildman–Crippen LogP) is 3.38. The molecule has 1 N–H and O–H groups in total. The van der Waals surface area contributed by atoms with Crippen LogP contribution in [0.5, 0.6) is 0 Å². The smallest absolute Gasteiger partial charge is 0.0628 e. The summed E-state index contributed by atoms with van der Waals surface area (Å²) in [5.74, 6) is 0.798. The molecule has 0 saturated carbocycles. The van der Waals surface area contributed by atoms with Crippen molar-refractivity contribution in [2.75, 3.05) is 6.54 Å². The summed E-state index contributed by atoms with van der Waals surface area (Å²) >= 11 is 0. The Hall–Kier alpha value is -0.830. The van der Waals surface area contributed by atoms with E-state index in [2.05, 4.69) is 45.0 Å². The largest absolute Gasteiger partial charge is 0.314 e. The molecule has 1 heterocycles. The van der Waals surface area contributed by atoms with Gasteiger partial charge in [-0.25, -0.2) is 0 Å². The minimum absolute atomic E-state index is 0.577. The van der Waals surface area contributed by atoms with Crippen LogP contribution < -0.4 is 5.32 Å². The molecule has 0 radical (unpaired) electrons. The Balaban J connectivity index is 2.72. The highest BCUT2D eigenvalue weighted by molar-refractivity contribution is 5.25. The normalized spacial score (nSPS) is 14.6. The molecule has 0 amide bonds. The maximum absolute atomic E-state index is 4.53. The number of nitrogens with zero attached hydrogens (tertiary/aromatic N) is 2. The summed E-state index contributed by atoms with van der Waals surface area (Å²) in [6.07, 6.45) is 4.97. The second-order valence-electron chi connectivity index (χ2n) is 5.86. The molecule has 0 aliphatic carbocycles. The third-order valence-corrected chi connectivity index (χ3v) is 4.07. The number of hydrogen-bond acceptors (Lipinski definition) is 2. The van der Waals surface area contributed by atoms with Gasteiger partial charge in [-0.3, -0.25) is 4.68 Å². The minimum Gasteiger partial charge on any atom is -0.314 e. The monoisotopic (exact) mass is 265 g/mol. The van der Waals surface area contributed by atoms with Crippen molar-refractivity contribution >= 4 is 0 Å². The van der Waals surface area contributed by atoms with Crippen LogP contribution in [0.15, 0.2) is 0 Å². The van der Waals surface area contributed by atoms with Crippen molar-refractivity contribution in [2.45, 2.75) is 66.3 Å². The second-order valence-corrected chi connectivity index (χ2v) is 5.86. The zero-order chi connectivity index (χ0) is 14.4. The summed E-state index contributed by atoms with van der Waals surface area (Å²) in [7, 11) is 2.04. The topological polar surface area (TPSA) is 29.9 Å². The SMILES string of the molecule is CCCC(C)CC(Cc1c(C)nn(C)c1C)NCC. The lowest BCUT2D eigenvalue weighted by Crippen LogP contribution is -2.33. The number of likely N-dealkylation sites (N-methyl/N-ethyl adjacent to an activating group) is 1. The zero-order valence-electron chi connectivity index (χ0n) is 13.6. The predicted molar refractivity (Wildman–Crippen MR) is 82.5 cm³/mol. The first-order valence-corrected chi connectivity index (χ1v) is 7.71. The summed E-state index contributed by atoms with van der Waals surface area (Å²) in [6.45, 7) is 12.2. The van der Waals surface area contributed by atoms with Gasteiger partial charge in [0, 0.05) is 18.8 Å². The van der Waals surface area contributed by atoms with E-state index < -0.39 is 0 Å². The molecule has 3 nitrogen and oxygen atoms in total. The average molecular weight is 265 g/mol. The summed E-state index contributed by atoms with van der Waals surface area (Å²) < 4.78 is 2.00. The molecule has 110 valence electrons. The van der Waals surface area contributed by atoms with Crippen molar-refractivity contribution in [2.24, 2.45) is 13.0 Å². The van der Waals surface area contributed by atoms with Crippen molar-refractivity contribution in [3.63, 3.8) is 0 Å². The first-order valence-electron chi connectivity index (χ1n) is 7.71. The van der Waals surface area contributed by atoms with E-state index >= 15 is 0 Å². The Morgan fingerprint density at radius 2 is 1.95 bits per heavy atom. The molecule has 2 atom stereocenters. The van der Waals surface area contributed by atoms with Crippen LogP contribution in [0.2, 0.25) is 0 Å². The molecule has 0 fully saturated rings. The fourth-order valence-electron chi connectivity index (χ4n) is 2.98. The van der Waals surface area contributed by atoms with E-state index in [9.17, 15) is 0 Å². The minimum atomic E-state index is 0.577. The van der Waals surface area contributed by atoms with Crippen LogP contribution in [0, 0.1) is 19.8 Å². The highest BCUT2D eigenvalue weighted by atomic mass is 15.3. The first kappa shape index (κ1) is 16.2. The lowest BCUT2D eigenvalue weighted by Gasteiger charge is -2.22. The van der Waals surface area contributed by atoms with E-state index in [0.717, 1.165) is 18.9 Å². The van der Waals surface area contributed by atoms with Gasteiger partial charge in [0.1, 0.15) is 0 Å². The Morgan fingerprint density at radius 3 is 2.42 bits per heavy atom. The molecular formula is C16H31N3. The van der Waals surface area contributed by atoms with Gasteiger partial charge in [-0.2, -0.15) is 5.10 Å². The van der Waals surface area contributed by atoms with E-state index in [0.29, 0.717) is 6.04 Å². The molecule has 1 aromatic heterocycles.